The highest BCUT2D eigenvalue weighted by Gasteiger charge is 2.29. The predicted molar refractivity (Wildman–Crippen MR) is 110 cm³/mol. The minimum atomic E-state index is -0.313. The van der Waals surface area contributed by atoms with Crippen molar-refractivity contribution in [1.82, 2.24) is 9.55 Å². The number of para-hydroxylation sites is 2. The SMILES string of the molecule is CC(=O)Nc1c(-c2nc3ccccc3s2)c(C(C)=O)c(O)n1-c1ccccc1. The predicted octanol–water partition coefficient (Wildman–Crippen LogP) is 4.62. The van der Waals surface area contributed by atoms with Gasteiger partial charge in [-0.3, -0.25) is 14.2 Å². The number of nitrogens with zero attached hydrogens (tertiary/aromatic N) is 2. The van der Waals surface area contributed by atoms with Gasteiger partial charge in [-0.2, -0.15) is 0 Å². The molecule has 28 heavy (non-hydrogen) atoms. The fourth-order valence-electron chi connectivity index (χ4n) is 3.19. The molecule has 0 aliphatic rings. The van der Waals surface area contributed by atoms with Gasteiger partial charge in [-0.1, -0.05) is 30.3 Å². The summed E-state index contributed by atoms with van der Waals surface area (Å²) in [6.45, 7) is 2.77. The number of hydrogen-bond donors (Lipinski definition) is 2. The highest BCUT2D eigenvalue weighted by Crippen LogP contribution is 2.44. The first-order chi connectivity index (χ1) is 13.5. The van der Waals surface area contributed by atoms with E-state index in [4.69, 9.17) is 0 Å². The van der Waals surface area contributed by atoms with Gasteiger partial charge in [-0.25, -0.2) is 4.98 Å². The number of fused-ring (bicyclic) bond motifs is 1. The molecule has 0 saturated heterocycles. The molecular formula is C21H17N3O3S. The molecule has 2 N–H and O–H groups in total. The Balaban J connectivity index is 2.08. The second-order valence-corrected chi connectivity index (χ2v) is 7.35. The van der Waals surface area contributed by atoms with Gasteiger partial charge in [-0.15, -0.1) is 11.3 Å². The molecule has 0 fully saturated rings. The van der Waals surface area contributed by atoms with Crippen molar-refractivity contribution in [1.29, 1.82) is 0 Å². The first kappa shape index (κ1) is 17.9. The molecule has 2 aromatic carbocycles. The van der Waals surface area contributed by atoms with E-state index in [0.717, 1.165) is 10.2 Å². The van der Waals surface area contributed by atoms with Gasteiger partial charge in [0.2, 0.25) is 11.8 Å². The van der Waals surface area contributed by atoms with Crippen molar-refractivity contribution in [3.63, 3.8) is 0 Å². The number of aromatic hydroxyl groups is 1. The summed E-state index contributed by atoms with van der Waals surface area (Å²) in [6.07, 6.45) is 0. The lowest BCUT2D eigenvalue weighted by Crippen LogP contribution is -2.11. The normalized spacial score (nSPS) is 10.9. The largest absolute Gasteiger partial charge is 0.494 e. The molecule has 4 rings (SSSR count). The second-order valence-electron chi connectivity index (χ2n) is 6.32. The molecule has 140 valence electrons. The Morgan fingerprint density at radius 1 is 1.04 bits per heavy atom. The van der Waals surface area contributed by atoms with Crippen LogP contribution in [0.3, 0.4) is 0 Å². The molecule has 0 bridgehead atoms. The number of carbonyl (C=O) groups is 2. The lowest BCUT2D eigenvalue weighted by Gasteiger charge is -2.11. The quantitative estimate of drug-likeness (QED) is 0.497. The Hall–Kier alpha value is -3.45. The van der Waals surface area contributed by atoms with Crippen molar-refractivity contribution in [2.45, 2.75) is 13.8 Å². The number of Topliss-reactive ketones (excluding diaryl/α,β-unsaturated/α-hetero) is 1. The molecular weight excluding hydrogens is 374 g/mol. The van der Waals surface area contributed by atoms with Crippen molar-refractivity contribution in [3.05, 3.63) is 60.2 Å². The Bertz CT molecular complexity index is 1180. The molecule has 7 heteroatoms. The molecule has 6 nitrogen and oxygen atoms in total. The first-order valence-corrected chi connectivity index (χ1v) is 9.46. The summed E-state index contributed by atoms with van der Waals surface area (Å²) in [6, 6.07) is 16.7. The molecule has 0 radical (unpaired) electrons. The van der Waals surface area contributed by atoms with Crippen LogP contribution in [0.1, 0.15) is 24.2 Å². The van der Waals surface area contributed by atoms with Crippen LogP contribution in [0, 0.1) is 0 Å². The molecule has 2 aromatic heterocycles. The van der Waals surface area contributed by atoms with Crippen molar-refractivity contribution in [3.8, 4) is 22.1 Å². The number of amides is 1. The number of hydrogen-bond acceptors (Lipinski definition) is 5. The summed E-state index contributed by atoms with van der Waals surface area (Å²) in [4.78, 5) is 29.0. The number of nitrogens with one attached hydrogen (secondary N) is 1. The van der Waals surface area contributed by atoms with E-state index in [2.05, 4.69) is 10.3 Å². The summed E-state index contributed by atoms with van der Waals surface area (Å²) < 4.78 is 2.42. The fraction of sp³-hybridized carbons (Fsp3) is 0.0952. The van der Waals surface area contributed by atoms with Gasteiger partial charge in [0.25, 0.3) is 0 Å². The van der Waals surface area contributed by atoms with Crippen molar-refractivity contribution < 1.29 is 14.7 Å². The third-order valence-corrected chi connectivity index (χ3v) is 5.37. The van der Waals surface area contributed by atoms with Crippen LogP contribution in [0.2, 0.25) is 0 Å². The number of aromatic nitrogens is 2. The van der Waals surface area contributed by atoms with E-state index in [-0.39, 0.29) is 23.1 Å². The Labute approximate surface area is 165 Å². The maximum atomic E-state index is 12.4. The molecule has 4 aromatic rings. The maximum absolute atomic E-state index is 12.4. The molecule has 0 aliphatic heterocycles. The van der Waals surface area contributed by atoms with E-state index < -0.39 is 0 Å². The number of benzene rings is 2. The molecule has 0 atom stereocenters. The van der Waals surface area contributed by atoms with Crippen LogP contribution in [0.15, 0.2) is 54.6 Å². The second kappa shape index (κ2) is 6.94. The van der Waals surface area contributed by atoms with Crippen molar-refractivity contribution >= 4 is 39.1 Å². The monoisotopic (exact) mass is 391 g/mol. The van der Waals surface area contributed by atoms with Crippen LogP contribution in [0.5, 0.6) is 5.88 Å². The van der Waals surface area contributed by atoms with Crippen LogP contribution >= 0.6 is 11.3 Å². The van der Waals surface area contributed by atoms with Crippen molar-refractivity contribution in [2.75, 3.05) is 5.32 Å². The summed E-state index contributed by atoms with van der Waals surface area (Å²) in [5.41, 5.74) is 1.97. The summed E-state index contributed by atoms with van der Waals surface area (Å²) in [5.74, 6) is -0.530. The molecule has 0 saturated carbocycles. The Morgan fingerprint density at radius 2 is 1.71 bits per heavy atom. The highest BCUT2D eigenvalue weighted by molar-refractivity contribution is 7.21. The van der Waals surface area contributed by atoms with Crippen LogP contribution in [0.25, 0.3) is 26.5 Å². The summed E-state index contributed by atoms with van der Waals surface area (Å²) >= 11 is 1.40. The molecule has 0 unspecified atom stereocenters. The van der Waals surface area contributed by atoms with Gasteiger partial charge in [0.05, 0.1) is 27.0 Å². The molecule has 2 heterocycles. The zero-order chi connectivity index (χ0) is 19.8. The van der Waals surface area contributed by atoms with Gasteiger partial charge in [0.15, 0.2) is 5.78 Å². The zero-order valence-corrected chi connectivity index (χ0v) is 16.1. The maximum Gasteiger partial charge on any atom is 0.222 e. The standard InChI is InChI=1S/C21H17N3O3S/c1-12(25)17-18(20-23-15-10-6-7-11-16(15)28-20)19(22-13(2)26)24(21(17)27)14-8-4-3-5-9-14/h3-11,27H,1-2H3,(H,22,26). The number of thiazole rings is 1. The lowest BCUT2D eigenvalue weighted by molar-refractivity contribution is -0.114. The lowest BCUT2D eigenvalue weighted by atomic mass is 10.1. The third kappa shape index (κ3) is 2.95. The topological polar surface area (TPSA) is 84.2 Å². The van der Waals surface area contributed by atoms with Gasteiger partial charge in [0, 0.05) is 6.92 Å². The van der Waals surface area contributed by atoms with Gasteiger partial charge >= 0.3 is 0 Å². The third-order valence-electron chi connectivity index (χ3n) is 4.31. The van der Waals surface area contributed by atoms with Crippen LogP contribution in [-0.4, -0.2) is 26.3 Å². The molecule has 0 aliphatic carbocycles. The van der Waals surface area contributed by atoms with Gasteiger partial charge < -0.3 is 10.4 Å². The van der Waals surface area contributed by atoms with E-state index >= 15 is 0 Å². The average Bonchev–Trinajstić information content (AvgIpc) is 3.20. The van der Waals surface area contributed by atoms with Gasteiger partial charge in [-0.05, 0) is 31.2 Å². The van der Waals surface area contributed by atoms with E-state index in [1.807, 2.05) is 42.5 Å². The Morgan fingerprint density at radius 3 is 2.36 bits per heavy atom. The van der Waals surface area contributed by atoms with Crippen LogP contribution in [0.4, 0.5) is 5.82 Å². The minimum absolute atomic E-state index is 0.131. The highest BCUT2D eigenvalue weighted by atomic mass is 32.1. The first-order valence-electron chi connectivity index (χ1n) is 8.65. The Kier molecular flexibility index (Phi) is 4.44. The summed E-state index contributed by atoms with van der Waals surface area (Å²) in [7, 11) is 0. The molecule has 1 amide bonds. The van der Waals surface area contributed by atoms with E-state index in [1.54, 1.807) is 12.1 Å². The van der Waals surface area contributed by atoms with E-state index in [0.29, 0.717) is 22.1 Å². The smallest absolute Gasteiger partial charge is 0.222 e. The van der Waals surface area contributed by atoms with E-state index in [9.17, 15) is 14.7 Å². The number of rotatable bonds is 4. The van der Waals surface area contributed by atoms with Crippen LogP contribution in [-0.2, 0) is 4.79 Å². The number of carbonyl (C=O) groups excluding carboxylic acids is 2. The van der Waals surface area contributed by atoms with E-state index in [1.165, 1.54) is 29.8 Å². The van der Waals surface area contributed by atoms with Crippen molar-refractivity contribution in [2.24, 2.45) is 0 Å². The zero-order valence-electron chi connectivity index (χ0n) is 15.3. The number of ketones is 1. The minimum Gasteiger partial charge on any atom is -0.494 e. The number of anilines is 1. The van der Waals surface area contributed by atoms with Gasteiger partial charge in [0.1, 0.15) is 10.8 Å². The van der Waals surface area contributed by atoms with Crippen LogP contribution < -0.4 is 5.32 Å². The average molecular weight is 391 g/mol. The summed E-state index contributed by atoms with van der Waals surface area (Å²) in [5, 5.41) is 14.3. The fourth-order valence-corrected chi connectivity index (χ4v) is 4.21. The molecule has 0 spiro atoms.